The van der Waals surface area contributed by atoms with Crippen LogP contribution in [-0.4, -0.2) is 12.1 Å². The van der Waals surface area contributed by atoms with E-state index in [-0.39, 0.29) is 12.0 Å². The second-order valence-corrected chi connectivity index (χ2v) is 5.16. The van der Waals surface area contributed by atoms with Gasteiger partial charge in [0.15, 0.2) is 0 Å². The zero-order valence-corrected chi connectivity index (χ0v) is 12.5. The summed E-state index contributed by atoms with van der Waals surface area (Å²) in [5, 5.41) is 4.33. The van der Waals surface area contributed by atoms with E-state index < -0.39 is 17.6 Å². The molecule has 0 aromatic heterocycles. The molecule has 0 fully saturated rings. The molecule has 7 heteroatoms. The number of hydrazone groups is 1. The van der Waals surface area contributed by atoms with Gasteiger partial charge < -0.3 is 0 Å². The van der Waals surface area contributed by atoms with Gasteiger partial charge in [-0.1, -0.05) is 41.9 Å². The van der Waals surface area contributed by atoms with Gasteiger partial charge in [-0.2, -0.15) is 18.3 Å². The van der Waals surface area contributed by atoms with Crippen molar-refractivity contribution in [1.82, 2.24) is 5.43 Å². The molecule has 3 nitrogen and oxygen atoms in total. The van der Waals surface area contributed by atoms with Gasteiger partial charge in [-0.15, -0.1) is 0 Å². The highest BCUT2D eigenvalue weighted by Crippen LogP contribution is 2.29. The summed E-state index contributed by atoms with van der Waals surface area (Å²) in [5.74, 6) is -0.505. The molecular weight excluding hydrogens is 329 g/mol. The fraction of sp³-hybridized carbons (Fsp3) is 0.125. The Bertz CT molecular complexity index is 712. The minimum atomic E-state index is -4.43. The number of alkyl halides is 3. The number of halogens is 4. The Labute approximate surface area is 135 Å². The second-order valence-electron chi connectivity index (χ2n) is 4.72. The smallest absolute Gasteiger partial charge is 0.273 e. The zero-order valence-electron chi connectivity index (χ0n) is 11.8. The number of hydrogen-bond acceptors (Lipinski definition) is 2. The molecule has 23 heavy (non-hydrogen) atoms. The van der Waals surface area contributed by atoms with E-state index in [9.17, 15) is 18.0 Å². The maximum absolute atomic E-state index is 12.6. The molecule has 0 atom stereocenters. The van der Waals surface area contributed by atoms with Crippen molar-refractivity contribution in [3.8, 4) is 0 Å². The number of rotatable bonds is 4. The SMILES string of the molecule is O=C(Cc1cccc(C(F)(F)F)c1)N/N=C\c1ccc(Cl)cc1. The molecule has 0 bridgehead atoms. The Kier molecular flexibility index (Phi) is 5.39. The van der Waals surface area contributed by atoms with E-state index in [2.05, 4.69) is 10.5 Å². The Morgan fingerprint density at radius 1 is 1.17 bits per heavy atom. The van der Waals surface area contributed by atoms with Gasteiger partial charge in [0.2, 0.25) is 5.91 Å². The monoisotopic (exact) mass is 340 g/mol. The summed E-state index contributed by atoms with van der Waals surface area (Å²) >= 11 is 5.74. The molecule has 2 aromatic carbocycles. The lowest BCUT2D eigenvalue weighted by Gasteiger charge is -2.08. The average molecular weight is 341 g/mol. The van der Waals surface area contributed by atoms with Crippen LogP contribution in [0, 0.1) is 0 Å². The fourth-order valence-corrected chi connectivity index (χ4v) is 1.94. The number of carbonyl (C=O) groups excluding carboxylic acids is 1. The first kappa shape index (κ1) is 17.0. The van der Waals surface area contributed by atoms with Gasteiger partial charge in [0.25, 0.3) is 0 Å². The molecular formula is C16H12ClF3N2O. The molecule has 0 saturated heterocycles. The predicted molar refractivity (Wildman–Crippen MR) is 82.3 cm³/mol. The quantitative estimate of drug-likeness (QED) is 0.662. The summed E-state index contributed by atoms with van der Waals surface area (Å²) in [6, 6.07) is 11.4. The van der Waals surface area contributed by atoms with Crippen molar-refractivity contribution in [3.63, 3.8) is 0 Å². The minimum Gasteiger partial charge on any atom is -0.273 e. The second kappa shape index (κ2) is 7.28. The summed E-state index contributed by atoms with van der Waals surface area (Å²) in [6.07, 6.45) is -3.21. The first-order valence-electron chi connectivity index (χ1n) is 6.58. The largest absolute Gasteiger partial charge is 0.416 e. The third kappa shape index (κ3) is 5.41. The number of amides is 1. The van der Waals surface area contributed by atoms with Gasteiger partial charge in [0.1, 0.15) is 0 Å². The third-order valence-electron chi connectivity index (χ3n) is 2.89. The van der Waals surface area contributed by atoms with Crippen molar-refractivity contribution in [2.75, 3.05) is 0 Å². The highest BCUT2D eigenvalue weighted by molar-refractivity contribution is 6.30. The molecule has 0 radical (unpaired) electrons. The normalized spacial score (nSPS) is 11.7. The van der Waals surface area contributed by atoms with Crippen LogP contribution in [0.15, 0.2) is 53.6 Å². The molecule has 0 spiro atoms. The number of nitrogens with one attached hydrogen (secondary N) is 1. The highest BCUT2D eigenvalue weighted by Gasteiger charge is 2.30. The molecule has 0 unspecified atom stereocenters. The number of nitrogens with zero attached hydrogens (tertiary/aromatic N) is 1. The Hall–Kier alpha value is -2.34. The van der Waals surface area contributed by atoms with Gasteiger partial charge in [0.05, 0.1) is 18.2 Å². The van der Waals surface area contributed by atoms with Gasteiger partial charge in [-0.05, 0) is 29.3 Å². The van der Waals surface area contributed by atoms with Crippen molar-refractivity contribution in [2.24, 2.45) is 5.10 Å². The number of benzene rings is 2. The van der Waals surface area contributed by atoms with Crippen LogP contribution in [0.1, 0.15) is 16.7 Å². The van der Waals surface area contributed by atoms with E-state index in [4.69, 9.17) is 11.6 Å². The maximum Gasteiger partial charge on any atom is 0.416 e. The van der Waals surface area contributed by atoms with Gasteiger partial charge in [-0.3, -0.25) is 4.79 Å². The maximum atomic E-state index is 12.6. The van der Waals surface area contributed by atoms with E-state index in [1.165, 1.54) is 18.3 Å². The lowest BCUT2D eigenvalue weighted by atomic mass is 10.1. The first-order chi connectivity index (χ1) is 10.8. The minimum absolute atomic E-state index is 0.193. The standard InChI is InChI=1S/C16H12ClF3N2O/c17-14-6-4-11(5-7-14)10-21-22-15(23)9-12-2-1-3-13(8-12)16(18,19)20/h1-8,10H,9H2,(H,22,23)/b21-10-. The van der Waals surface area contributed by atoms with Crippen molar-refractivity contribution >= 4 is 23.7 Å². The molecule has 1 N–H and O–H groups in total. The predicted octanol–water partition coefficient (Wildman–Crippen LogP) is 4.05. The van der Waals surface area contributed by atoms with Crippen LogP contribution in [0.2, 0.25) is 5.02 Å². The van der Waals surface area contributed by atoms with Gasteiger partial charge in [0, 0.05) is 5.02 Å². The molecule has 0 aliphatic heterocycles. The molecule has 0 aliphatic carbocycles. The summed E-state index contributed by atoms with van der Waals surface area (Å²) in [5.41, 5.74) is 2.48. The molecule has 1 amide bonds. The third-order valence-corrected chi connectivity index (χ3v) is 3.14. The Morgan fingerprint density at radius 2 is 1.87 bits per heavy atom. The Balaban J connectivity index is 1.93. The van der Waals surface area contributed by atoms with E-state index in [1.807, 2.05) is 0 Å². The van der Waals surface area contributed by atoms with E-state index in [0.717, 1.165) is 17.7 Å². The molecule has 0 heterocycles. The Morgan fingerprint density at radius 3 is 2.52 bits per heavy atom. The first-order valence-corrected chi connectivity index (χ1v) is 6.96. The average Bonchev–Trinajstić information content (AvgIpc) is 2.49. The number of carbonyl (C=O) groups is 1. The van der Waals surface area contributed by atoms with Crippen molar-refractivity contribution in [2.45, 2.75) is 12.6 Å². The van der Waals surface area contributed by atoms with Crippen molar-refractivity contribution in [1.29, 1.82) is 0 Å². The van der Waals surface area contributed by atoms with Crippen LogP contribution in [-0.2, 0) is 17.4 Å². The van der Waals surface area contributed by atoms with Crippen LogP contribution in [0.4, 0.5) is 13.2 Å². The van der Waals surface area contributed by atoms with Crippen LogP contribution in [0.25, 0.3) is 0 Å². The van der Waals surface area contributed by atoms with Crippen molar-refractivity contribution in [3.05, 3.63) is 70.2 Å². The van der Waals surface area contributed by atoms with Crippen LogP contribution >= 0.6 is 11.6 Å². The topological polar surface area (TPSA) is 41.5 Å². The fourth-order valence-electron chi connectivity index (χ4n) is 1.81. The highest BCUT2D eigenvalue weighted by atomic mass is 35.5. The molecule has 0 saturated carbocycles. The van der Waals surface area contributed by atoms with Gasteiger partial charge >= 0.3 is 6.18 Å². The van der Waals surface area contributed by atoms with Crippen LogP contribution in [0.5, 0.6) is 0 Å². The van der Waals surface area contributed by atoms with Crippen molar-refractivity contribution < 1.29 is 18.0 Å². The molecule has 0 aliphatic rings. The summed E-state index contributed by atoms with van der Waals surface area (Å²) in [4.78, 5) is 11.7. The van der Waals surface area contributed by atoms with E-state index in [0.29, 0.717) is 5.02 Å². The molecule has 120 valence electrons. The molecule has 2 rings (SSSR count). The van der Waals surface area contributed by atoms with E-state index in [1.54, 1.807) is 24.3 Å². The molecule has 2 aromatic rings. The van der Waals surface area contributed by atoms with Crippen LogP contribution in [0.3, 0.4) is 0 Å². The summed E-state index contributed by atoms with van der Waals surface area (Å²) in [6.45, 7) is 0. The number of hydrogen-bond donors (Lipinski definition) is 1. The van der Waals surface area contributed by atoms with Crippen LogP contribution < -0.4 is 5.43 Å². The summed E-state index contributed by atoms with van der Waals surface area (Å²) in [7, 11) is 0. The lowest BCUT2D eigenvalue weighted by molar-refractivity contribution is -0.137. The zero-order chi connectivity index (χ0) is 16.9. The van der Waals surface area contributed by atoms with Gasteiger partial charge in [-0.25, -0.2) is 5.43 Å². The lowest BCUT2D eigenvalue weighted by Crippen LogP contribution is -2.20. The summed E-state index contributed by atoms with van der Waals surface area (Å²) < 4.78 is 37.8. The van der Waals surface area contributed by atoms with E-state index >= 15 is 0 Å².